The third kappa shape index (κ3) is 3.79. The molecule has 2 aliphatic heterocycles. The molecule has 4 heterocycles. The lowest BCUT2D eigenvalue weighted by atomic mass is 9.88. The molecule has 0 saturated heterocycles. The van der Waals surface area contributed by atoms with Crippen LogP contribution in [0.4, 0.5) is 11.4 Å². The van der Waals surface area contributed by atoms with Crippen LogP contribution in [0.2, 0.25) is 0 Å². The van der Waals surface area contributed by atoms with E-state index in [1.165, 1.54) is 88.4 Å². The molecule has 0 amide bonds. The highest BCUT2D eigenvalue weighted by molar-refractivity contribution is 6.24. The van der Waals surface area contributed by atoms with Crippen LogP contribution in [-0.4, -0.2) is 4.40 Å². The number of rotatable bonds is 3. The molecule has 0 saturated carbocycles. The van der Waals surface area contributed by atoms with E-state index in [0.29, 0.717) is 0 Å². The van der Waals surface area contributed by atoms with E-state index >= 15 is 0 Å². The first-order valence-corrected chi connectivity index (χ1v) is 17.2. The summed E-state index contributed by atoms with van der Waals surface area (Å²) in [6.07, 6.45) is 6.48. The Kier molecular flexibility index (Phi) is 5.56. The molecule has 9 aromatic rings. The van der Waals surface area contributed by atoms with Crippen molar-refractivity contribution in [1.29, 1.82) is 0 Å². The Morgan fingerprint density at radius 2 is 1.02 bits per heavy atom. The maximum absolute atomic E-state index is 4.50. The first kappa shape index (κ1) is 27.3. The minimum absolute atomic E-state index is 1.01. The average molecular weight is 635 g/mol. The van der Waals surface area contributed by atoms with E-state index < -0.39 is 0 Å². The van der Waals surface area contributed by atoms with Crippen LogP contribution in [0.15, 0.2) is 176 Å². The fourth-order valence-electron chi connectivity index (χ4n) is 8.35. The molecule has 0 spiro atoms. The molecular weight excluding hydrogens is 605 g/mol. The van der Waals surface area contributed by atoms with Crippen molar-refractivity contribution in [3.8, 4) is 33.4 Å². The van der Waals surface area contributed by atoms with Crippen LogP contribution in [0.25, 0.3) is 82.7 Å². The van der Waals surface area contributed by atoms with E-state index in [9.17, 15) is 0 Å². The second-order valence-electron chi connectivity index (χ2n) is 13.5. The van der Waals surface area contributed by atoms with Crippen LogP contribution in [0.5, 0.6) is 0 Å². The standard InChI is InChI=1S/C48H30N2/c1-30-10-8-17-43-42-28-33(31-11-4-2-5-12-31)19-25-46(42)49(43)44-23-20-34(26-40(30)44)35-21-24-45-41(27-35)39-16-9-15-38-37-22-18-36(32-13-6-3-7-14-32)29-47(37)50(45)48(38)39/h2-29H,1H2/b10-8-,43-17-. The molecule has 2 heteroatoms. The van der Waals surface area contributed by atoms with Gasteiger partial charge in [0.2, 0.25) is 0 Å². The lowest BCUT2D eigenvalue weighted by Gasteiger charge is -2.41. The van der Waals surface area contributed by atoms with Crippen molar-refractivity contribution in [2.75, 3.05) is 4.90 Å². The zero-order valence-electron chi connectivity index (χ0n) is 27.3. The number of fused-ring (bicyclic) bond motifs is 12. The van der Waals surface area contributed by atoms with Gasteiger partial charge in [0.15, 0.2) is 0 Å². The van der Waals surface area contributed by atoms with Crippen LogP contribution in [0, 0.1) is 0 Å². The summed E-state index contributed by atoms with van der Waals surface area (Å²) in [5.74, 6) is 0. The van der Waals surface area contributed by atoms with E-state index in [0.717, 1.165) is 16.8 Å². The van der Waals surface area contributed by atoms with E-state index in [1.54, 1.807) is 0 Å². The Balaban J connectivity index is 1.04. The number of benzene rings is 7. The Morgan fingerprint density at radius 1 is 0.420 bits per heavy atom. The minimum Gasteiger partial charge on any atom is -0.309 e. The molecule has 0 radical (unpaired) electrons. The Labute approximate surface area is 290 Å². The van der Waals surface area contributed by atoms with Crippen LogP contribution < -0.4 is 4.90 Å². The van der Waals surface area contributed by atoms with Gasteiger partial charge in [-0.15, -0.1) is 0 Å². The molecule has 2 aromatic heterocycles. The third-order valence-corrected chi connectivity index (χ3v) is 10.8. The number of allylic oxidation sites excluding steroid dienone is 4. The van der Waals surface area contributed by atoms with Crippen molar-refractivity contribution in [2.45, 2.75) is 0 Å². The molecule has 2 nitrogen and oxygen atoms in total. The number of hydrogen-bond acceptors (Lipinski definition) is 1. The molecule has 0 aliphatic carbocycles. The molecule has 7 aromatic carbocycles. The highest BCUT2D eigenvalue weighted by Crippen LogP contribution is 2.52. The first-order chi connectivity index (χ1) is 24.7. The van der Waals surface area contributed by atoms with E-state index in [4.69, 9.17) is 0 Å². The molecular formula is C48H30N2. The smallest absolute Gasteiger partial charge is 0.0620 e. The average Bonchev–Trinajstić information content (AvgIpc) is 3.68. The second-order valence-corrected chi connectivity index (χ2v) is 13.5. The summed E-state index contributed by atoms with van der Waals surface area (Å²) in [7, 11) is 0. The summed E-state index contributed by atoms with van der Waals surface area (Å²) in [6.45, 7) is 4.50. The number of anilines is 2. The van der Waals surface area contributed by atoms with Crippen molar-refractivity contribution in [3.63, 3.8) is 0 Å². The first-order valence-electron chi connectivity index (χ1n) is 17.2. The number of aromatic nitrogens is 1. The van der Waals surface area contributed by atoms with Gasteiger partial charge >= 0.3 is 0 Å². The van der Waals surface area contributed by atoms with Crippen molar-refractivity contribution in [3.05, 3.63) is 188 Å². The predicted molar refractivity (Wildman–Crippen MR) is 212 cm³/mol. The van der Waals surface area contributed by atoms with Gasteiger partial charge in [-0.1, -0.05) is 128 Å². The molecule has 0 N–H and O–H groups in total. The highest BCUT2D eigenvalue weighted by Gasteiger charge is 2.32. The topological polar surface area (TPSA) is 7.65 Å². The zero-order chi connectivity index (χ0) is 32.9. The minimum atomic E-state index is 1.01. The Bertz CT molecular complexity index is 2920. The van der Waals surface area contributed by atoms with Gasteiger partial charge < -0.3 is 9.30 Å². The van der Waals surface area contributed by atoms with Crippen molar-refractivity contribution >= 4 is 60.7 Å². The normalized spacial score (nSPS) is 15.3. The van der Waals surface area contributed by atoms with Crippen LogP contribution in [0.1, 0.15) is 11.1 Å². The zero-order valence-corrected chi connectivity index (χ0v) is 27.3. The van der Waals surface area contributed by atoms with Crippen LogP contribution >= 0.6 is 0 Å². The molecule has 2 aliphatic rings. The molecule has 0 atom stereocenters. The van der Waals surface area contributed by atoms with Gasteiger partial charge in [-0.05, 0) is 87.5 Å². The summed E-state index contributed by atoms with van der Waals surface area (Å²) in [5, 5.41) is 5.16. The molecule has 0 fully saturated rings. The van der Waals surface area contributed by atoms with Crippen LogP contribution in [-0.2, 0) is 0 Å². The number of nitrogens with zero attached hydrogens (tertiary/aromatic N) is 2. The Morgan fingerprint density at radius 3 is 1.78 bits per heavy atom. The molecule has 50 heavy (non-hydrogen) atoms. The summed E-state index contributed by atoms with van der Waals surface area (Å²) in [4.78, 5) is 2.38. The fraction of sp³-hybridized carbons (Fsp3) is 0. The Hall–Kier alpha value is -6.64. The van der Waals surface area contributed by atoms with Gasteiger partial charge in [-0.25, -0.2) is 0 Å². The van der Waals surface area contributed by atoms with E-state index in [2.05, 4.69) is 186 Å². The monoisotopic (exact) mass is 634 g/mol. The largest absolute Gasteiger partial charge is 0.309 e. The lowest BCUT2D eigenvalue weighted by molar-refractivity contribution is 1.20. The SMILES string of the molecule is C=C1/C=C\C=C2\c3cc(-c4ccccc4)ccc3N2c2ccc(-c3ccc4c(c3)c3cccc5c6ccc(-c7ccccc7)cc6n4c35)cc21. The summed E-state index contributed by atoms with van der Waals surface area (Å²) in [6, 6.07) is 55.5. The maximum Gasteiger partial charge on any atom is 0.0620 e. The molecule has 11 rings (SSSR count). The van der Waals surface area contributed by atoms with Gasteiger partial charge in [0.1, 0.15) is 0 Å². The molecule has 232 valence electrons. The highest BCUT2D eigenvalue weighted by atomic mass is 15.2. The lowest BCUT2D eigenvalue weighted by Crippen LogP contribution is -2.27. The van der Waals surface area contributed by atoms with Crippen molar-refractivity contribution in [1.82, 2.24) is 4.40 Å². The third-order valence-electron chi connectivity index (χ3n) is 10.8. The summed E-state index contributed by atoms with van der Waals surface area (Å²) in [5.41, 5.74) is 18.1. The van der Waals surface area contributed by atoms with Gasteiger partial charge in [0.05, 0.1) is 33.6 Å². The maximum atomic E-state index is 4.50. The van der Waals surface area contributed by atoms with Gasteiger partial charge in [-0.3, -0.25) is 0 Å². The van der Waals surface area contributed by atoms with E-state index in [1.807, 2.05) is 0 Å². The molecule has 0 unspecified atom stereocenters. The number of hydrogen-bond donors (Lipinski definition) is 0. The fourth-order valence-corrected chi connectivity index (χ4v) is 8.35. The number of para-hydroxylation sites is 1. The van der Waals surface area contributed by atoms with Gasteiger partial charge in [-0.2, -0.15) is 0 Å². The van der Waals surface area contributed by atoms with Crippen LogP contribution in [0.3, 0.4) is 0 Å². The predicted octanol–water partition coefficient (Wildman–Crippen LogP) is 12.9. The van der Waals surface area contributed by atoms with E-state index in [-0.39, 0.29) is 0 Å². The van der Waals surface area contributed by atoms with Gasteiger partial charge in [0, 0.05) is 32.7 Å². The van der Waals surface area contributed by atoms with Crippen molar-refractivity contribution in [2.24, 2.45) is 0 Å². The quantitative estimate of drug-likeness (QED) is 0.188. The second kappa shape index (κ2) is 10.2. The summed E-state index contributed by atoms with van der Waals surface area (Å²) < 4.78 is 2.47. The summed E-state index contributed by atoms with van der Waals surface area (Å²) >= 11 is 0. The van der Waals surface area contributed by atoms with Crippen molar-refractivity contribution < 1.29 is 0 Å². The molecule has 0 bridgehead atoms. The van der Waals surface area contributed by atoms with Gasteiger partial charge in [0.25, 0.3) is 0 Å².